The van der Waals surface area contributed by atoms with Gasteiger partial charge >= 0.3 is 0 Å². The Morgan fingerprint density at radius 1 is 1.64 bits per heavy atom. The molecular formula is C9H15ClN4. The minimum absolute atomic E-state index is 0.229. The molecule has 1 unspecified atom stereocenters. The Balaban J connectivity index is 2.62. The van der Waals surface area contributed by atoms with E-state index >= 15 is 0 Å². The number of nitrogens with zero attached hydrogens (tertiary/aromatic N) is 2. The molecule has 0 radical (unpaired) electrons. The quantitative estimate of drug-likeness (QED) is 0.783. The van der Waals surface area contributed by atoms with Crippen molar-refractivity contribution in [3.05, 3.63) is 17.5 Å². The fourth-order valence-electron chi connectivity index (χ4n) is 1.21. The average molecular weight is 215 g/mol. The van der Waals surface area contributed by atoms with E-state index in [0.717, 1.165) is 12.8 Å². The van der Waals surface area contributed by atoms with Crippen LogP contribution in [0.5, 0.6) is 0 Å². The molecule has 1 aromatic heterocycles. The van der Waals surface area contributed by atoms with Gasteiger partial charge in [0.25, 0.3) is 0 Å². The predicted molar refractivity (Wildman–Crippen MR) is 58.4 cm³/mol. The van der Waals surface area contributed by atoms with Crippen LogP contribution in [0.2, 0.25) is 5.02 Å². The van der Waals surface area contributed by atoms with Crippen LogP contribution in [0.25, 0.3) is 0 Å². The zero-order valence-electron chi connectivity index (χ0n) is 8.20. The monoisotopic (exact) mass is 214 g/mol. The zero-order chi connectivity index (χ0) is 10.4. The Morgan fingerprint density at radius 2 is 2.43 bits per heavy atom. The number of hydrogen-bond acceptors (Lipinski definition) is 4. The van der Waals surface area contributed by atoms with Crippen LogP contribution in [0, 0.1) is 0 Å². The van der Waals surface area contributed by atoms with Gasteiger partial charge in [-0.05, 0) is 6.42 Å². The van der Waals surface area contributed by atoms with Crippen LogP contribution in [-0.4, -0.2) is 22.6 Å². The second kappa shape index (κ2) is 5.78. The third-order valence-corrected chi connectivity index (χ3v) is 2.21. The maximum atomic E-state index is 5.90. The van der Waals surface area contributed by atoms with Crippen molar-refractivity contribution in [3.63, 3.8) is 0 Å². The van der Waals surface area contributed by atoms with Crippen LogP contribution in [-0.2, 0) is 0 Å². The van der Waals surface area contributed by atoms with Crippen molar-refractivity contribution in [2.75, 3.05) is 11.9 Å². The Labute approximate surface area is 88.9 Å². The summed E-state index contributed by atoms with van der Waals surface area (Å²) >= 11 is 5.90. The van der Waals surface area contributed by atoms with E-state index < -0.39 is 0 Å². The van der Waals surface area contributed by atoms with Crippen molar-refractivity contribution in [2.45, 2.75) is 25.8 Å². The van der Waals surface area contributed by atoms with Crippen LogP contribution in [0.4, 0.5) is 5.82 Å². The first kappa shape index (κ1) is 11.2. The van der Waals surface area contributed by atoms with Gasteiger partial charge in [-0.15, -0.1) is 0 Å². The number of halogens is 1. The summed E-state index contributed by atoms with van der Waals surface area (Å²) in [6.07, 6.45) is 5.12. The SMILES string of the molecule is CCCC(CN)Nc1ncncc1Cl. The van der Waals surface area contributed by atoms with Gasteiger partial charge in [-0.2, -0.15) is 0 Å². The molecule has 1 heterocycles. The van der Waals surface area contributed by atoms with Crippen molar-refractivity contribution in [3.8, 4) is 0 Å². The molecule has 0 aliphatic heterocycles. The third kappa shape index (κ3) is 3.12. The van der Waals surface area contributed by atoms with E-state index in [1.165, 1.54) is 6.33 Å². The molecular weight excluding hydrogens is 200 g/mol. The van der Waals surface area contributed by atoms with E-state index in [1.807, 2.05) is 0 Å². The Hall–Kier alpha value is -0.870. The summed E-state index contributed by atoms with van der Waals surface area (Å²) < 4.78 is 0. The van der Waals surface area contributed by atoms with Gasteiger partial charge in [-0.3, -0.25) is 0 Å². The maximum absolute atomic E-state index is 5.90. The zero-order valence-corrected chi connectivity index (χ0v) is 8.96. The minimum atomic E-state index is 0.229. The van der Waals surface area contributed by atoms with E-state index in [0.29, 0.717) is 17.4 Å². The molecule has 0 saturated carbocycles. The van der Waals surface area contributed by atoms with E-state index in [1.54, 1.807) is 6.20 Å². The topological polar surface area (TPSA) is 63.8 Å². The van der Waals surface area contributed by atoms with E-state index in [2.05, 4.69) is 22.2 Å². The fourth-order valence-corrected chi connectivity index (χ4v) is 1.37. The van der Waals surface area contributed by atoms with E-state index in [-0.39, 0.29) is 6.04 Å². The Kier molecular flexibility index (Phi) is 4.62. The second-order valence-electron chi connectivity index (χ2n) is 3.08. The third-order valence-electron chi connectivity index (χ3n) is 1.93. The first-order valence-corrected chi connectivity index (χ1v) is 5.07. The van der Waals surface area contributed by atoms with E-state index in [4.69, 9.17) is 17.3 Å². The maximum Gasteiger partial charge on any atom is 0.148 e. The molecule has 4 nitrogen and oxygen atoms in total. The molecule has 0 saturated heterocycles. The van der Waals surface area contributed by atoms with Gasteiger partial charge in [-0.1, -0.05) is 24.9 Å². The van der Waals surface area contributed by atoms with Gasteiger partial charge in [0.2, 0.25) is 0 Å². The number of nitrogens with one attached hydrogen (secondary N) is 1. The molecule has 0 fully saturated rings. The van der Waals surface area contributed by atoms with Gasteiger partial charge in [0.05, 0.1) is 6.20 Å². The molecule has 0 aliphatic rings. The number of hydrogen-bond donors (Lipinski definition) is 2. The van der Waals surface area contributed by atoms with Crippen LogP contribution < -0.4 is 11.1 Å². The van der Waals surface area contributed by atoms with Crippen molar-refractivity contribution < 1.29 is 0 Å². The van der Waals surface area contributed by atoms with Gasteiger partial charge in [-0.25, -0.2) is 9.97 Å². The molecule has 1 rings (SSSR count). The highest BCUT2D eigenvalue weighted by atomic mass is 35.5. The minimum Gasteiger partial charge on any atom is -0.365 e. The molecule has 0 amide bonds. The van der Waals surface area contributed by atoms with Crippen molar-refractivity contribution >= 4 is 17.4 Å². The van der Waals surface area contributed by atoms with Crippen molar-refractivity contribution in [2.24, 2.45) is 5.73 Å². The standard InChI is InChI=1S/C9H15ClN4/c1-2-3-7(4-11)14-9-8(10)5-12-6-13-9/h5-7H,2-4,11H2,1H3,(H,12,13,14). The van der Waals surface area contributed by atoms with Crippen LogP contribution in [0.1, 0.15) is 19.8 Å². The summed E-state index contributed by atoms with van der Waals surface area (Å²) in [6.45, 7) is 2.69. The van der Waals surface area contributed by atoms with Gasteiger partial charge < -0.3 is 11.1 Å². The first-order valence-electron chi connectivity index (χ1n) is 4.70. The van der Waals surface area contributed by atoms with Crippen LogP contribution in [0.15, 0.2) is 12.5 Å². The highest BCUT2D eigenvalue weighted by molar-refractivity contribution is 6.32. The van der Waals surface area contributed by atoms with Gasteiger partial charge in [0, 0.05) is 12.6 Å². The predicted octanol–water partition coefficient (Wildman–Crippen LogP) is 1.67. The number of nitrogens with two attached hydrogens (primary N) is 1. The average Bonchev–Trinajstić information content (AvgIpc) is 2.20. The van der Waals surface area contributed by atoms with Gasteiger partial charge in [0.1, 0.15) is 17.2 Å². The van der Waals surface area contributed by atoms with E-state index in [9.17, 15) is 0 Å². The lowest BCUT2D eigenvalue weighted by Gasteiger charge is -2.16. The summed E-state index contributed by atoms with van der Waals surface area (Å²) in [6, 6.07) is 0.229. The highest BCUT2D eigenvalue weighted by Crippen LogP contribution is 2.17. The van der Waals surface area contributed by atoms with Crippen LogP contribution in [0.3, 0.4) is 0 Å². The lowest BCUT2D eigenvalue weighted by molar-refractivity contribution is 0.645. The lowest BCUT2D eigenvalue weighted by Crippen LogP contribution is -2.29. The van der Waals surface area contributed by atoms with Gasteiger partial charge in [0.15, 0.2) is 0 Å². The molecule has 0 aromatic carbocycles. The molecule has 1 aromatic rings. The van der Waals surface area contributed by atoms with Crippen LogP contribution >= 0.6 is 11.6 Å². The largest absolute Gasteiger partial charge is 0.365 e. The Bertz CT molecular complexity index is 279. The summed E-state index contributed by atoms with van der Waals surface area (Å²) in [5.41, 5.74) is 5.61. The summed E-state index contributed by atoms with van der Waals surface area (Å²) in [5.74, 6) is 0.658. The molecule has 0 aliphatic carbocycles. The summed E-state index contributed by atoms with van der Waals surface area (Å²) in [4.78, 5) is 7.85. The fraction of sp³-hybridized carbons (Fsp3) is 0.556. The lowest BCUT2D eigenvalue weighted by atomic mass is 10.2. The normalized spacial score (nSPS) is 12.5. The number of rotatable bonds is 5. The molecule has 3 N–H and O–H groups in total. The number of anilines is 1. The smallest absolute Gasteiger partial charge is 0.148 e. The second-order valence-corrected chi connectivity index (χ2v) is 3.49. The molecule has 1 atom stereocenters. The molecule has 0 spiro atoms. The molecule has 0 bridgehead atoms. The Morgan fingerprint density at radius 3 is 3.00 bits per heavy atom. The summed E-state index contributed by atoms with van der Waals surface area (Å²) in [5, 5.41) is 3.72. The summed E-state index contributed by atoms with van der Waals surface area (Å²) in [7, 11) is 0. The number of aromatic nitrogens is 2. The molecule has 14 heavy (non-hydrogen) atoms. The first-order chi connectivity index (χ1) is 6.77. The van der Waals surface area contributed by atoms with Crippen molar-refractivity contribution in [1.29, 1.82) is 0 Å². The van der Waals surface area contributed by atoms with Crippen molar-refractivity contribution in [1.82, 2.24) is 9.97 Å². The molecule has 78 valence electrons. The highest BCUT2D eigenvalue weighted by Gasteiger charge is 2.08. The molecule has 5 heteroatoms.